The Morgan fingerprint density at radius 3 is 2.57 bits per heavy atom. The second-order valence-electron chi connectivity index (χ2n) is 6.03. The molecule has 0 aliphatic carbocycles. The molecule has 3 rings (SSSR count). The van der Waals surface area contributed by atoms with Crippen LogP contribution in [-0.4, -0.2) is 35.8 Å². The van der Waals surface area contributed by atoms with E-state index >= 15 is 0 Å². The summed E-state index contributed by atoms with van der Waals surface area (Å²) >= 11 is 16.2. The molecule has 0 amide bonds. The van der Waals surface area contributed by atoms with E-state index in [4.69, 9.17) is 37.4 Å². The molecule has 14 heteroatoms. The Balaban J connectivity index is 0.000000220. The molecule has 1 atom stereocenters. The first-order valence-corrected chi connectivity index (χ1v) is 12.7. The van der Waals surface area contributed by atoms with Crippen molar-refractivity contribution < 1.29 is 23.2 Å². The summed E-state index contributed by atoms with van der Waals surface area (Å²) in [6.45, 7) is 1.26. The van der Waals surface area contributed by atoms with Gasteiger partial charge in [-0.25, -0.2) is 9.37 Å². The maximum absolute atomic E-state index is 14.1. The third-order valence-corrected chi connectivity index (χ3v) is 7.21. The van der Waals surface area contributed by atoms with Gasteiger partial charge in [0.2, 0.25) is 17.7 Å². The summed E-state index contributed by atoms with van der Waals surface area (Å²) in [6.07, 6.45) is 4.70. The fourth-order valence-electron chi connectivity index (χ4n) is 2.21. The Bertz CT molecular complexity index is 1030. The molecule has 2 heterocycles. The van der Waals surface area contributed by atoms with Crippen LogP contribution in [0.4, 0.5) is 4.39 Å². The summed E-state index contributed by atoms with van der Waals surface area (Å²) in [6, 6.07) is 4.76. The molecule has 1 aromatic carbocycles. The highest BCUT2D eigenvalue weighted by atomic mass is 79.9. The van der Waals surface area contributed by atoms with Crippen LogP contribution in [0.5, 0.6) is 0 Å². The highest BCUT2D eigenvalue weighted by Gasteiger charge is 2.45. The van der Waals surface area contributed by atoms with E-state index in [9.17, 15) is 8.96 Å². The largest absolute Gasteiger partial charge is 0.426 e. The lowest BCUT2D eigenvalue weighted by atomic mass is 10.1. The molecule has 0 saturated carbocycles. The molecule has 0 spiro atoms. The number of nitrogens with zero attached hydrogens (tertiary/aromatic N) is 4. The molecule has 0 aliphatic heterocycles. The number of hydrogen-bond acceptors (Lipinski definition) is 6. The zero-order chi connectivity index (χ0) is 22.5. The highest BCUT2D eigenvalue weighted by Crippen LogP contribution is 2.59. The van der Waals surface area contributed by atoms with Gasteiger partial charge in [-0.05, 0) is 24.8 Å². The first-order valence-electron chi connectivity index (χ1n) is 8.11. The van der Waals surface area contributed by atoms with Gasteiger partial charge in [0.05, 0.1) is 6.33 Å². The van der Waals surface area contributed by atoms with Crippen LogP contribution < -0.4 is 0 Å². The number of imidazole rings is 1. The van der Waals surface area contributed by atoms with Crippen molar-refractivity contribution in [2.45, 2.75) is 24.6 Å². The lowest BCUT2D eigenvalue weighted by Gasteiger charge is -2.23. The molecule has 0 bridgehead atoms. The van der Waals surface area contributed by atoms with E-state index in [0.29, 0.717) is 22.1 Å². The molecule has 0 saturated heterocycles. The van der Waals surface area contributed by atoms with E-state index in [1.54, 1.807) is 28.5 Å². The molecule has 1 unspecified atom stereocenters. The van der Waals surface area contributed by atoms with Gasteiger partial charge in [0, 0.05) is 15.8 Å². The van der Waals surface area contributed by atoms with Crippen LogP contribution in [0.2, 0.25) is 10.3 Å². The van der Waals surface area contributed by atoms with Gasteiger partial charge < -0.3 is 18.8 Å². The maximum atomic E-state index is 14.1. The number of alkyl halides is 1. The molecule has 164 valence electrons. The monoisotopic (exact) mass is 560 g/mol. The molecular weight excluding hydrogens is 545 g/mol. The number of rotatable bonds is 6. The predicted octanol–water partition coefficient (Wildman–Crippen LogP) is 5.25. The Morgan fingerprint density at radius 1 is 1.40 bits per heavy atom. The van der Waals surface area contributed by atoms with E-state index in [1.165, 1.54) is 18.8 Å². The summed E-state index contributed by atoms with van der Waals surface area (Å²) in [4.78, 5) is 21.8. The van der Waals surface area contributed by atoms with Crippen molar-refractivity contribution in [3.63, 3.8) is 0 Å². The van der Waals surface area contributed by atoms with Gasteiger partial charge in [0.25, 0.3) is 0 Å². The summed E-state index contributed by atoms with van der Waals surface area (Å²) in [7, 11) is -4.85. The van der Waals surface area contributed by atoms with E-state index < -0.39 is 13.0 Å². The van der Waals surface area contributed by atoms with E-state index in [2.05, 4.69) is 31.1 Å². The van der Waals surface area contributed by atoms with Crippen LogP contribution in [0.15, 0.2) is 39.8 Å². The lowest BCUT2D eigenvalue weighted by molar-refractivity contribution is 0.221. The van der Waals surface area contributed by atoms with Crippen molar-refractivity contribution >= 4 is 58.5 Å². The van der Waals surface area contributed by atoms with Gasteiger partial charge in [-0.3, -0.25) is 4.57 Å². The van der Waals surface area contributed by atoms with Crippen LogP contribution in [0, 0.1) is 0 Å². The van der Waals surface area contributed by atoms with Crippen LogP contribution in [-0.2, 0) is 22.3 Å². The molecule has 0 aliphatic rings. The molecule has 2 aromatic heterocycles. The average molecular weight is 562 g/mol. The van der Waals surface area contributed by atoms with E-state index in [0.717, 1.165) is 18.2 Å². The summed E-state index contributed by atoms with van der Waals surface area (Å²) in [5, 5.41) is 5.17. The topological polar surface area (TPSA) is 114 Å². The molecule has 2 N–H and O–H groups in total. The molecule has 8 nitrogen and oxygen atoms in total. The first kappa shape index (κ1) is 25.3. The number of halogens is 4. The van der Waals surface area contributed by atoms with Crippen LogP contribution in [0.1, 0.15) is 23.9 Å². The Hall–Kier alpha value is -0.940. The second-order valence-corrected chi connectivity index (χ2v) is 10.4. The van der Waals surface area contributed by atoms with Gasteiger partial charge >= 0.3 is 7.60 Å². The minimum absolute atomic E-state index is 0.0318. The summed E-state index contributed by atoms with van der Waals surface area (Å²) < 4.78 is 32.1. The van der Waals surface area contributed by atoms with Gasteiger partial charge in [0.1, 0.15) is 11.7 Å². The fraction of sp³-hybridized carbons (Fsp3) is 0.312. The Morgan fingerprint density at radius 2 is 2.10 bits per heavy atom. The zero-order valence-corrected chi connectivity index (χ0v) is 20.5. The quantitative estimate of drug-likeness (QED) is 0.392. The minimum atomic E-state index is -4.85. The van der Waals surface area contributed by atoms with Crippen molar-refractivity contribution in [3.05, 3.63) is 62.7 Å². The van der Waals surface area contributed by atoms with Crippen molar-refractivity contribution in [1.29, 1.82) is 0 Å². The van der Waals surface area contributed by atoms with Crippen LogP contribution in [0.25, 0.3) is 0 Å². The van der Waals surface area contributed by atoms with Crippen molar-refractivity contribution in [3.8, 4) is 0 Å². The molecule has 0 radical (unpaired) electrons. The highest BCUT2D eigenvalue weighted by molar-refractivity contribution is 9.10. The normalized spacial score (nSPS) is 13.5. The SMILES string of the molecule is CSCc1ccc(C(C)(F)P(=O)(O)O)c(Br)c1.Clc1ncn(Cc2nnco2)c1Cl. The average Bonchev–Trinajstić information content (AvgIpc) is 3.27. The number of benzene rings is 1. The first-order chi connectivity index (χ1) is 14.0. The number of thioether (sulfide) groups is 1. The molecule has 0 fully saturated rings. The number of aromatic nitrogens is 4. The van der Waals surface area contributed by atoms with Crippen molar-refractivity contribution in [1.82, 2.24) is 19.7 Å². The van der Waals surface area contributed by atoms with Crippen LogP contribution >= 0.6 is 58.5 Å². The van der Waals surface area contributed by atoms with E-state index in [-0.39, 0.29) is 10.7 Å². The summed E-state index contributed by atoms with van der Waals surface area (Å²) in [5.74, 6) is 1.22. The van der Waals surface area contributed by atoms with Crippen molar-refractivity contribution in [2.75, 3.05) is 6.26 Å². The zero-order valence-electron chi connectivity index (χ0n) is 15.7. The molecular formula is C16H17BrCl2FN4O4PS. The predicted molar refractivity (Wildman–Crippen MR) is 118 cm³/mol. The summed E-state index contributed by atoms with van der Waals surface area (Å²) in [5.41, 5.74) is 0.935. The van der Waals surface area contributed by atoms with E-state index in [1.807, 2.05) is 6.26 Å². The van der Waals surface area contributed by atoms with Gasteiger partial charge in [-0.2, -0.15) is 11.8 Å². The van der Waals surface area contributed by atoms with Gasteiger partial charge in [0.15, 0.2) is 5.15 Å². The third-order valence-electron chi connectivity index (χ3n) is 3.83. The maximum Gasteiger partial charge on any atom is 0.366 e. The Kier molecular flexibility index (Phi) is 8.93. The third kappa shape index (κ3) is 6.29. The van der Waals surface area contributed by atoms with Crippen molar-refractivity contribution in [2.24, 2.45) is 0 Å². The molecule has 3 aromatic rings. The van der Waals surface area contributed by atoms with Crippen LogP contribution in [0.3, 0.4) is 0 Å². The fourth-order valence-corrected chi connectivity index (χ4v) is 4.48. The lowest BCUT2D eigenvalue weighted by Crippen LogP contribution is -2.16. The second kappa shape index (κ2) is 10.6. The van der Waals surface area contributed by atoms with Gasteiger partial charge in [-0.1, -0.05) is 51.3 Å². The Labute approximate surface area is 194 Å². The standard InChI is InChI=1S/C10H13BrFO3PS.C6H4Cl2N4O/c1-10(12,16(13,14)15)8-4-3-7(6-17-2)5-9(8)11;7-5-6(8)12(2-9-5)1-4-11-10-3-13-4/h3-5H,6H2,1-2H3,(H2,13,14,15);2-3H,1H2. The number of hydrogen-bond donors (Lipinski definition) is 2. The minimum Gasteiger partial charge on any atom is -0.426 e. The smallest absolute Gasteiger partial charge is 0.366 e. The molecule has 30 heavy (non-hydrogen) atoms. The van der Waals surface area contributed by atoms with Gasteiger partial charge in [-0.15, -0.1) is 10.2 Å².